The van der Waals surface area contributed by atoms with Crippen LogP contribution < -0.4 is 35.2 Å². The van der Waals surface area contributed by atoms with Gasteiger partial charge in [-0.15, -0.1) is 33.7 Å². The molecule has 0 aromatic heterocycles. The van der Waals surface area contributed by atoms with E-state index >= 15 is 0 Å². The zero-order chi connectivity index (χ0) is 20.9. The molecule has 0 nitrogen and oxygen atoms in total. The minimum Gasteiger partial charge on any atom is -1.00 e. The Balaban J connectivity index is 0.000000231. The van der Waals surface area contributed by atoms with Crippen LogP contribution in [0.4, 0.5) is 0 Å². The maximum atomic E-state index is 2.32. The molecule has 0 unspecified atom stereocenters. The van der Waals surface area contributed by atoms with E-state index in [0.717, 1.165) is 15.9 Å². The van der Waals surface area contributed by atoms with Crippen LogP contribution in [0.2, 0.25) is 0 Å². The Kier molecular flexibility index (Phi) is 11.4. The van der Waals surface area contributed by atoms with Crippen LogP contribution in [0.5, 0.6) is 0 Å². The molecule has 0 N–H and O–H groups in total. The fourth-order valence-corrected chi connectivity index (χ4v) is 5.17. The van der Waals surface area contributed by atoms with Crippen LogP contribution in [0.1, 0.15) is 12.0 Å². The van der Waals surface area contributed by atoms with Crippen LogP contribution in [-0.2, 0) is 26.2 Å². The average Bonchev–Trinajstić information content (AvgIpc) is 3.49. The van der Waals surface area contributed by atoms with Gasteiger partial charge in [0.15, 0.2) is 0 Å². The van der Waals surface area contributed by atoms with Gasteiger partial charge in [0.05, 0.1) is 0 Å². The van der Waals surface area contributed by atoms with Gasteiger partial charge in [0.25, 0.3) is 0 Å². The van der Waals surface area contributed by atoms with E-state index in [0.29, 0.717) is 0 Å². The maximum absolute atomic E-state index is 2.32. The smallest absolute Gasteiger partial charge is 1.00 e. The molecule has 0 bridgehead atoms. The molecule has 0 aliphatic heterocycles. The Morgan fingerprint density at radius 3 is 1.82 bits per heavy atom. The molecule has 0 saturated carbocycles. The molecule has 1 aliphatic rings. The van der Waals surface area contributed by atoms with Crippen LogP contribution >= 0.6 is 0 Å². The van der Waals surface area contributed by atoms with Gasteiger partial charge in [0.1, 0.15) is 9.52 Å². The van der Waals surface area contributed by atoms with Crippen LogP contribution in [0.15, 0.2) is 127 Å². The molecule has 1 aliphatic carbocycles. The number of benzene rings is 4. The molecule has 0 amide bonds. The third kappa shape index (κ3) is 6.52. The van der Waals surface area contributed by atoms with Crippen LogP contribution in [0, 0.1) is 0 Å². The normalized spacial score (nSPS) is 11.5. The molecule has 6 rings (SSSR count). The van der Waals surface area contributed by atoms with E-state index in [9.17, 15) is 0 Å². The Bertz CT molecular complexity index is 1340. The molecule has 5 aromatic rings. The molecule has 0 heterocycles. The Hall–Kier alpha value is -2.09. The predicted octanol–water partition coefficient (Wildman–Crippen LogP) is 0.402. The molecule has 0 saturated heterocycles. The van der Waals surface area contributed by atoms with Gasteiger partial charge in [-0.3, -0.25) is 0 Å². The summed E-state index contributed by atoms with van der Waals surface area (Å²) < 4.78 is 0. The second-order valence-electron chi connectivity index (χ2n) is 7.68. The second-order valence-corrected chi connectivity index (χ2v) is 9.08. The van der Waals surface area contributed by atoms with E-state index in [1.807, 2.05) is 0 Å². The van der Waals surface area contributed by atoms with Crippen LogP contribution in [0.3, 0.4) is 0 Å². The molecule has 0 spiro atoms. The number of hydrogen-bond acceptors (Lipinski definition) is 0. The van der Waals surface area contributed by atoms with E-state index in [4.69, 9.17) is 0 Å². The molecular weight excluding hydrogens is 551 g/mol. The summed E-state index contributed by atoms with van der Waals surface area (Å²) in [5, 5.41) is 8.25. The molecule has 0 atom stereocenters. The van der Waals surface area contributed by atoms with Gasteiger partial charge < -0.3 is 24.8 Å². The van der Waals surface area contributed by atoms with Crippen molar-refractivity contribution in [2.24, 2.45) is 0 Å². The van der Waals surface area contributed by atoms with Gasteiger partial charge in [-0.25, -0.2) is 0 Å². The van der Waals surface area contributed by atoms with E-state index < -0.39 is 0 Å². The van der Waals surface area contributed by atoms with Gasteiger partial charge in [0, 0.05) is 0 Å². The van der Waals surface area contributed by atoms with Crippen molar-refractivity contribution in [2.45, 2.75) is 6.42 Å². The van der Waals surface area contributed by atoms with E-state index in [1.165, 1.54) is 43.1 Å². The topological polar surface area (TPSA) is 0 Å². The first-order valence-electron chi connectivity index (χ1n) is 10.7. The van der Waals surface area contributed by atoms with Crippen LogP contribution in [0.25, 0.3) is 27.1 Å². The Morgan fingerprint density at radius 2 is 1.21 bits per heavy atom. The number of allylic oxidation sites excluding steroid dienone is 4. The fourth-order valence-electron chi connectivity index (χ4n) is 4.12. The quantitative estimate of drug-likeness (QED) is 0.217. The van der Waals surface area contributed by atoms with E-state index in [-0.39, 0.29) is 51.0 Å². The Morgan fingerprint density at radius 1 is 0.618 bits per heavy atom. The summed E-state index contributed by atoms with van der Waals surface area (Å²) in [6.07, 6.45) is 7.65. The first kappa shape index (κ1) is 28.1. The van der Waals surface area contributed by atoms with Gasteiger partial charge in [0.2, 0.25) is 0 Å². The zero-order valence-corrected chi connectivity index (χ0v) is 23.6. The third-order valence-corrected chi connectivity index (χ3v) is 6.85. The summed E-state index contributed by atoms with van der Waals surface area (Å²) in [4.78, 5) is 0. The second kappa shape index (κ2) is 13.7. The SMILES string of the molecule is C1=CCC(c2cccc3c2[cH-]c2ccccc23)=C1.[Cl-].[Cl-].[Zr+3].c1ccc([Si]c2ccccc2)cc1. The third-order valence-electron chi connectivity index (χ3n) is 5.61. The average molecular weight is 574 g/mol. The van der Waals surface area contributed by atoms with E-state index in [2.05, 4.69) is 127 Å². The van der Waals surface area contributed by atoms with Gasteiger partial charge in [-0.2, -0.15) is 0 Å². The monoisotopic (exact) mass is 571 g/mol. The zero-order valence-electron chi connectivity index (χ0n) is 18.6. The molecule has 4 heteroatoms. The summed E-state index contributed by atoms with van der Waals surface area (Å²) >= 11 is 0. The fraction of sp³-hybridized carbons (Fsp3) is 0.0333. The number of halogens is 2. The summed E-state index contributed by atoms with van der Waals surface area (Å²) in [6.45, 7) is 0. The molecule has 165 valence electrons. The van der Waals surface area contributed by atoms with Crippen LogP contribution in [-0.4, -0.2) is 9.52 Å². The molecule has 3 radical (unpaired) electrons. The minimum absolute atomic E-state index is 0. The summed E-state index contributed by atoms with van der Waals surface area (Å²) in [7, 11) is 0.777. The van der Waals surface area contributed by atoms with Gasteiger partial charge >= 0.3 is 26.2 Å². The molecule has 0 fully saturated rings. The van der Waals surface area contributed by atoms with Crippen molar-refractivity contribution in [3.05, 3.63) is 133 Å². The standard InChI is InChI=1S/C18H13.C12H10Si.2ClH.Zr/c1-2-7-13(6-1)15-10-5-11-17-16-9-4-3-8-14(16)12-18(15)17;1-3-7-11(8-4-1)13-12-9-5-2-6-10-12;;;/h1-6,8-12H,7H2;1-10H;2*1H;/q-1;;;;+3/p-2. The Labute approximate surface area is 235 Å². The first-order chi connectivity index (χ1) is 15.4. The summed E-state index contributed by atoms with van der Waals surface area (Å²) in [5.41, 5.74) is 2.81. The van der Waals surface area contributed by atoms with Crippen molar-refractivity contribution >= 4 is 47.0 Å². The van der Waals surface area contributed by atoms with Crippen molar-refractivity contribution in [1.82, 2.24) is 0 Å². The first-order valence-corrected chi connectivity index (χ1v) is 11.7. The molecule has 5 aromatic carbocycles. The molecule has 34 heavy (non-hydrogen) atoms. The van der Waals surface area contributed by atoms with Crippen molar-refractivity contribution in [1.29, 1.82) is 0 Å². The number of fused-ring (bicyclic) bond motifs is 3. The summed E-state index contributed by atoms with van der Waals surface area (Å²) in [6, 6.07) is 38.7. The van der Waals surface area contributed by atoms with E-state index in [1.54, 1.807) is 0 Å². The summed E-state index contributed by atoms with van der Waals surface area (Å²) in [5.74, 6) is 0. The van der Waals surface area contributed by atoms with Crippen molar-refractivity contribution < 1.29 is 51.0 Å². The maximum Gasteiger partial charge on any atom is 3.00 e. The van der Waals surface area contributed by atoms with Crippen molar-refractivity contribution in [3.8, 4) is 0 Å². The van der Waals surface area contributed by atoms with Gasteiger partial charge in [-0.1, -0.05) is 137 Å². The largest absolute Gasteiger partial charge is 3.00 e. The van der Waals surface area contributed by atoms with Gasteiger partial charge in [-0.05, 0) is 6.42 Å². The number of hydrogen-bond donors (Lipinski definition) is 0. The predicted molar refractivity (Wildman–Crippen MR) is 137 cm³/mol. The minimum atomic E-state index is 0. The van der Waals surface area contributed by atoms with Crippen molar-refractivity contribution in [2.75, 3.05) is 0 Å². The number of rotatable bonds is 3. The molecular formula is C30H23Cl2SiZr. The van der Waals surface area contributed by atoms with Crippen molar-refractivity contribution in [3.63, 3.8) is 0 Å².